The average Bonchev–Trinajstić information content (AvgIpc) is 2.82. The highest BCUT2D eigenvalue weighted by Gasteiger charge is 2.09. The molecule has 0 aliphatic carbocycles. The molecule has 0 aromatic carbocycles. The summed E-state index contributed by atoms with van der Waals surface area (Å²) in [6.07, 6.45) is 5.63. The summed E-state index contributed by atoms with van der Waals surface area (Å²) < 4.78 is 0. The molecule has 1 fully saturated rings. The van der Waals surface area contributed by atoms with Crippen LogP contribution in [0, 0.1) is 6.92 Å². The number of nitrogens with one attached hydrogen (secondary N) is 1. The lowest BCUT2D eigenvalue weighted by Gasteiger charge is -2.14. The Morgan fingerprint density at radius 1 is 1.41 bits per heavy atom. The summed E-state index contributed by atoms with van der Waals surface area (Å²) in [7, 11) is 0. The SMILES string of the molecule is Cc1cc(NCCCN2CCCC2)ncc1N. The Balaban J connectivity index is 1.68. The number of likely N-dealkylation sites (tertiary alicyclic amines) is 1. The molecule has 0 radical (unpaired) electrons. The highest BCUT2D eigenvalue weighted by Crippen LogP contribution is 2.13. The summed E-state index contributed by atoms with van der Waals surface area (Å²) in [5.41, 5.74) is 7.57. The first-order valence-corrected chi connectivity index (χ1v) is 6.44. The lowest BCUT2D eigenvalue weighted by Crippen LogP contribution is -2.22. The normalized spacial score (nSPS) is 16.3. The Hall–Kier alpha value is -1.29. The summed E-state index contributed by atoms with van der Waals surface area (Å²) >= 11 is 0. The van der Waals surface area contributed by atoms with Crippen molar-refractivity contribution in [1.82, 2.24) is 9.88 Å². The zero-order valence-corrected chi connectivity index (χ0v) is 10.6. The molecule has 3 N–H and O–H groups in total. The summed E-state index contributed by atoms with van der Waals surface area (Å²) in [5.74, 6) is 0.929. The van der Waals surface area contributed by atoms with Crippen molar-refractivity contribution in [3.63, 3.8) is 0 Å². The molecule has 4 nitrogen and oxygen atoms in total. The van der Waals surface area contributed by atoms with Gasteiger partial charge in [-0.3, -0.25) is 0 Å². The van der Waals surface area contributed by atoms with Gasteiger partial charge in [0.25, 0.3) is 0 Å². The summed E-state index contributed by atoms with van der Waals surface area (Å²) in [6, 6.07) is 2.01. The third-order valence-corrected chi connectivity index (χ3v) is 3.31. The largest absolute Gasteiger partial charge is 0.397 e. The summed E-state index contributed by atoms with van der Waals surface area (Å²) in [5, 5.41) is 3.34. The van der Waals surface area contributed by atoms with E-state index in [0.29, 0.717) is 0 Å². The smallest absolute Gasteiger partial charge is 0.126 e. The van der Waals surface area contributed by atoms with E-state index in [9.17, 15) is 0 Å². The molecule has 1 aliphatic rings. The minimum Gasteiger partial charge on any atom is -0.397 e. The standard InChI is InChI=1S/C13H22N4/c1-11-9-13(16-10-12(11)14)15-5-4-8-17-6-2-3-7-17/h9-10H,2-8,14H2,1H3,(H,15,16). The van der Waals surface area contributed by atoms with Gasteiger partial charge in [0.15, 0.2) is 0 Å². The average molecular weight is 234 g/mol. The quantitative estimate of drug-likeness (QED) is 0.764. The van der Waals surface area contributed by atoms with Gasteiger partial charge >= 0.3 is 0 Å². The van der Waals surface area contributed by atoms with E-state index in [4.69, 9.17) is 5.73 Å². The van der Waals surface area contributed by atoms with Gasteiger partial charge in [-0.25, -0.2) is 4.98 Å². The number of pyridine rings is 1. The first-order chi connectivity index (χ1) is 8.25. The monoisotopic (exact) mass is 234 g/mol. The van der Waals surface area contributed by atoms with E-state index in [1.54, 1.807) is 6.20 Å². The van der Waals surface area contributed by atoms with Gasteiger partial charge in [-0.15, -0.1) is 0 Å². The van der Waals surface area contributed by atoms with Crippen LogP contribution in [0.1, 0.15) is 24.8 Å². The number of aromatic nitrogens is 1. The Bertz CT molecular complexity index is 358. The summed E-state index contributed by atoms with van der Waals surface area (Å²) in [4.78, 5) is 6.79. The van der Waals surface area contributed by atoms with Crippen molar-refractivity contribution in [2.45, 2.75) is 26.2 Å². The molecular formula is C13H22N4. The Morgan fingerprint density at radius 3 is 2.88 bits per heavy atom. The molecule has 0 bridgehead atoms. The van der Waals surface area contributed by atoms with Crippen molar-refractivity contribution in [3.05, 3.63) is 17.8 Å². The van der Waals surface area contributed by atoms with Crippen LogP contribution in [0.3, 0.4) is 0 Å². The van der Waals surface area contributed by atoms with E-state index in [1.807, 2.05) is 13.0 Å². The first-order valence-electron chi connectivity index (χ1n) is 6.44. The lowest BCUT2D eigenvalue weighted by atomic mass is 10.2. The third-order valence-electron chi connectivity index (χ3n) is 3.31. The van der Waals surface area contributed by atoms with Crippen LogP contribution in [0.2, 0.25) is 0 Å². The maximum absolute atomic E-state index is 5.73. The molecule has 1 aromatic rings. The van der Waals surface area contributed by atoms with E-state index < -0.39 is 0 Å². The minimum absolute atomic E-state index is 0.757. The molecule has 4 heteroatoms. The van der Waals surface area contributed by atoms with Crippen LogP contribution >= 0.6 is 0 Å². The second kappa shape index (κ2) is 5.87. The highest BCUT2D eigenvalue weighted by molar-refractivity contribution is 5.50. The number of aryl methyl sites for hydroxylation is 1. The van der Waals surface area contributed by atoms with Gasteiger partial charge in [0, 0.05) is 6.54 Å². The van der Waals surface area contributed by atoms with Gasteiger partial charge in [-0.1, -0.05) is 0 Å². The number of hydrogen-bond acceptors (Lipinski definition) is 4. The van der Waals surface area contributed by atoms with Gasteiger partial charge in [0.05, 0.1) is 11.9 Å². The maximum Gasteiger partial charge on any atom is 0.126 e. The van der Waals surface area contributed by atoms with Crippen LogP contribution < -0.4 is 11.1 Å². The van der Waals surface area contributed by atoms with E-state index >= 15 is 0 Å². The number of nitrogen functional groups attached to an aromatic ring is 1. The van der Waals surface area contributed by atoms with E-state index in [-0.39, 0.29) is 0 Å². The minimum atomic E-state index is 0.757. The lowest BCUT2D eigenvalue weighted by molar-refractivity contribution is 0.337. The zero-order valence-electron chi connectivity index (χ0n) is 10.6. The molecule has 17 heavy (non-hydrogen) atoms. The van der Waals surface area contributed by atoms with Crippen molar-refractivity contribution in [2.75, 3.05) is 37.2 Å². The zero-order chi connectivity index (χ0) is 12.1. The molecule has 1 aromatic heterocycles. The van der Waals surface area contributed by atoms with Crippen molar-refractivity contribution in [3.8, 4) is 0 Å². The van der Waals surface area contributed by atoms with Crippen LogP contribution in [0.25, 0.3) is 0 Å². The Morgan fingerprint density at radius 2 is 2.18 bits per heavy atom. The molecule has 0 atom stereocenters. The van der Waals surface area contributed by atoms with Gasteiger partial charge < -0.3 is 16.0 Å². The number of hydrogen-bond donors (Lipinski definition) is 2. The second-order valence-electron chi connectivity index (χ2n) is 4.76. The van der Waals surface area contributed by atoms with Gasteiger partial charge in [0.2, 0.25) is 0 Å². The molecule has 0 unspecified atom stereocenters. The van der Waals surface area contributed by atoms with Gasteiger partial charge in [-0.05, 0) is 57.5 Å². The van der Waals surface area contributed by atoms with Gasteiger partial charge in [0.1, 0.15) is 5.82 Å². The maximum atomic E-state index is 5.73. The van der Waals surface area contributed by atoms with Gasteiger partial charge in [-0.2, -0.15) is 0 Å². The first kappa shape index (κ1) is 12.2. The molecule has 2 rings (SSSR count). The predicted octanol–water partition coefficient (Wildman–Crippen LogP) is 1.87. The predicted molar refractivity (Wildman–Crippen MR) is 72.2 cm³/mol. The van der Waals surface area contributed by atoms with Crippen LogP contribution in [-0.4, -0.2) is 36.1 Å². The number of anilines is 2. The molecule has 0 amide bonds. The molecule has 0 spiro atoms. The fraction of sp³-hybridized carbons (Fsp3) is 0.615. The molecule has 2 heterocycles. The van der Waals surface area contributed by atoms with E-state index in [1.165, 1.54) is 38.9 Å². The Kier molecular flexibility index (Phi) is 4.20. The fourth-order valence-electron chi connectivity index (χ4n) is 2.19. The number of rotatable bonds is 5. The van der Waals surface area contributed by atoms with Crippen molar-refractivity contribution in [1.29, 1.82) is 0 Å². The van der Waals surface area contributed by atoms with Crippen molar-refractivity contribution < 1.29 is 0 Å². The van der Waals surface area contributed by atoms with Crippen LogP contribution in [-0.2, 0) is 0 Å². The van der Waals surface area contributed by atoms with Crippen LogP contribution in [0.5, 0.6) is 0 Å². The second-order valence-corrected chi connectivity index (χ2v) is 4.76. The topological polar surface area (TPSA) is 54.2 Å². The molecule has 1 aliphatic heterocycles. The summed E-state index contributed by atoms with van der Waals surface area (Å²) in [6.45, 7) is 6.73. The van der Waals surface area contributed by atoms with Crippen LogP contribution in [0.4, 0.5) is 11.5 Å². The molecule has 0 saturated carbocycles. The van der Waals surface area contributed by atoms with Crippen molar-refractivity contribution in [2.24, 2.45) is 0 Å². The molecule has 1 saturated heterocycles. The van der Waals surface area contributed by atoms with E-state index in [0.717, 1.165) is 23.6 Å². The number of nitrogens with two attached hydrogens (primary N) is 1. The molecule has 94 valence electrons. The van der Waals surface area contributed by atoms with E-state index in [2.05, 4.69) is 15.2 Å². The highest BCUT2D eigenvalue weighted by atomic mass is 15.1. The third kappa shape index (κ3) is 3.60. The van der Waals surface area contributed by atoms with Crippen LogP contribution in [0.15, 0.2) is 12.3 Å². The fourth-order valence-corrected chi connectivity index (χ4v) is 2.19. The van der Waals surface area contributed by atoms with Crippen molar-refractivity contribution >= 4 is 11.5 Å². The number of nitrogens with zero attached hydrogens (tertiary/aromatic N) is 2. The molecular weight excluding hydrogens is 212 g/mol. The Labute approximate surface area is 103 Å².